The Balaban J connectivity index is 1.54. The smallest absolute Gasteiger partial charge is 0.231 e. The number of aromatic amines is 1. The summed E-state index contributed by atoms with van der Waals surface area (Å²) in [6.07, 6.45) is 6.81. The predicted molar refractivity (Wildman–Crippen MR) is 98.6 cm³/mol. The Hall–Kier alpha value is -2.56. The third-order valence-corrected chi connectivity index (χ3v) is 5.39. The molecule has 2 aromatic heterocycles. The second-order valence-corrected chi connectivity index (χ2v) is 6.94. The van der Waals surface area contributed by atoms with Gasteiger partial charge in [-0.25, -0.2) is 4.98 Å². The molecule has 0 saturated heterocycles. The van der Waals surface area contributed by atoms with Gasteiger partial charge < -0.3 is 14.5 Å². The van der Waals surface area contributed by atoms with Crippen LogP contribution in [0.5, 0.6) is 0 Å². The van der Waals surface area contributed by atoms with Gasteiger partial charge in [-0.05, 0) is 37.8 Å². The number of imidazole rings is 1. The zero-order valence-corrected chi connectivity index (χ0v) is 14.8. The van der Waals surface area contributed by atoms with Crippen molar-refractivity contribution in [1.29, 1.82) is 0 Å². The Morgan fingerprint density at radius 3 is 3.04 bits per heavy atom. The lowest BCUT2D eigenvalue weighted by Gasteiger charge is -2.27. The van der Waals surface area contributed by atoms with Gasteiger partial charge in [-0.3, -0.25) is 4.79 Å². The maximum absolute atomic E-state index is 13.1. The summed E-state index contributed by atoms with van der Waals surface area (Å²) < 4.78 is 2.08. The quantitative estimate of drug-likeness (QED) is 0.795. The fourth-order valence-electron chi connectivity index (χ4n) is 3.94. The molecule has 130 valence electrons. The van der Waals surface area contributed by atoms with Gasteiger partial charge in [0.25, 0.3) is 0 Å². The third kappa shape index (κ3) is 2.84. The average Bonchev–Trinajstić information content (AvgIpc) is 3.22. The molecule has 0 saturated carbocycles. The molecule has 1 unspecified atom stereocenters. The van der Waals surface area contributed by atoms with Crippen LogP contribution in [0.1, 0.15) is 35.8 Å². The highest BCUT2D eigenvalue weighted by molar-refractivity contribution is 5.90. The van der Waals surface area contributed by atoms with Crippen molar-refractivity contribution in [3.05, 3.63) is 53.7 Å². The number of carbonyl (C=O) groups is 1. The van der Waals surface area contributed by atoms with Gasteiger partial charge in [-0.15, -0.1) is 0 Å². The first-order valence-electron chi connectivity index (χ1n) is 8.97. The zero-order chi connectivity index (χ0) is 17.4. The number of carbonyl (C=O) groups excluding carboxylic acids is 1. The highest BCUT2D eigenvalue weighted by atomic mass is 16.2. The molecule has 5 heteroatoms. The largest absolute Gasteiger partial charge is 0.357 e. The van der Waals surface area contributed by atoms with Crippen LogP contribution in [-0.4, -0.2) is 38.9 Å². The molecule has 1 aromatic carbocycles. The molecule has 0 radical (unpaired) electrons. The maximum atomic E-state index is 13.1. The van der Waals surface area contributed by atoms with Crippen LogP contribution < -0.4 is 0 Å². The Labute approximate surface area is 147 Å². The van der Waals surface area contributed by atoms with Crippen LogP contribution in [0.2, 0.25) is 0 Å². The van der Waals surface area contributed by atoms with Crippen LogP contribution in [0.3, 0.4) is 0 Å². The highest BCUT2D eigenvalue weighted by Gasteiger charge is 2.31. The number of H-pyrrole nitrogens is 1. The van der Waals surface area contributed by atoms with Crippen LogP contribution in [0.25, 0.3) is 10.9 Å². The summed E-state index contributed by atoms with van der Waals surface area (Å²) in [6.45, 7) is 3.46. The van der Waals surface area contributed by atoms with E-state index in [4.69, 9.17) is 0 Å². The summed E-state index contributed by atoms with van der Waals surface area (Å²) in [7, 11) is 1.91. The third-order valence-electron chi connectivity index (χ3n) is 5.39. The predicted octanol–water partition coefficient (Wildman–Crippen LogP) is 3.25. The average molecular weight is 336 g/mol. The second-order valence-electron chi connectivity index (χ2n) is 6.94. The van der Waals surface area contributed by atoms with Crippen molar-refractivity contribution in [3.63, 3.8) is 0 Å². The van der Waals surface area contributed by atoms with E-state index in [1.165, 1.54) is 10.9 Å². The van der Waals surface area contributed by atoms with E-state index in [0.29, 0.717) is 6.54 Å². The number of hydrogen-bond acceptors (Lipinski definition) is 2. The van der Waals surface area contributed by atoms with Crippen LogP contribution in [0.15, 0.2) is 36.7 Å². The molecule has 0 spiro atoms. The van der Waals surface area contributed by atoms with Gasteiger partial charge in [0.15, 0.2) is 0 Å². The van der Waals surface area contributed by atoms with Gasteiger partial charge in [0.1, 0.15) is 5.82 Å². The van der Waals surface area contributed by atoms with Gasteiger partial charge in [0.2, 0.25) is 5.91 Å². The molecule has 5 nitrogen and oxygen atoms in total. The number of benzene rings is 1. The first-order valence-corrected chi connectivity index (χ1v) is 8.97. The molecule has 1 aliphatic rings. The number of aromatic nitrogens is 3. The molecule has 1 N–H and O–H groups in total. The number of para-hydroxylation sites is 1. The zero-order valence-electron chi connectivity index (χ0n) is 14.8. The van der Waals surface area contributed by atoms with E-state index in [1.807, 2.05) is 31.1 Å². The van der Waals surface area contributed by atoms with E-state index < -0.39 is 0 Å². The van der Waals surface area contributed by atoms with Crippen molar-refractivity contribution in [1.82, 2.24) is 19.4 Å². The monoisotopic (exact) mass is 336 g/mol. The maximum Gasteiger partial charge on any atom is 0.231 e. The van der Waals surface area contributed by atoms with E-state index in [1.54, 1.807) is 6.20 Å². The standard InChI is InChI=1S/C20H24N4O/c1-14-21-10-11-24(14)13-12-23(2)20(25)17-8-5-7-16-15-6-3-4-9-18(15)22-19(16)17/h3-4,6,9-11,17,22H,5,7-8,12-13H2,1-2H3. The number of nitrogens with one attached hydrogen (secondary N) is 1. The Bertz CT molecular complexity index is 907. The van der Waals surface area contributed by atoms with Crippen LogP contribution in [0, 0.1) is 6.92 Å². The topological polar surface area (TPSA) is 53.9 Å². The van der Waals surface area contributed by atoms with Crippen LogP contribution >= 0.6 is 0 Å². The Morgan fingerprint density at radius 1 is 1.40 bits per heavy atom. The van der Waals surface area contributed by atoms with Crippen molar-refractivity contribution in [2.75, 3.05) is 13.6 Å². The minimum atomic E-state index is -0.0509. The molecule has 0 aliphatic heterocycles. The summed E-state index contributed by atoms with van der Waals surface area (Å²) >= 11 is 0. The number of likely N-dealkylation sites (N-methyl/N-ethyl adjacent to an activating group) is 1. The lowest BCUT2D eigenvalue weighted by atomic mass is 9.86. The number of amides is 1. The van der Waals surface area contributed by atoms with E-state index >= 15 is 0 Å². The normalized spacial score (nSPS) is 16.8. The molecule has 4 rings (SSSR count). The number of nitrogens with zero attached hydrogens (tertiary/aromatic N) is 3. The molecule has 25 heavy (non-hydrogen) atoms. The molecule has 2 heterocycles. The van der Waals surface area contributed by atoms with Crippen molar-refractivity contribution in [2.45, 2.75) is 38.6 Å². The summed E-state index contributed by atoms with van der Waals surface area (Å²) in [5.74, 6) is 1.15. The minimum absolute atomic E-state index is 0.0509. The van der Waals surface area contributed by atoms with Gasteiger partial charge in [0.05, 0.1) is 5.92 Å². The van der Waals surface area contributed by atoms with Gasteiger partial charge in [0, 0.05) is 49.1 Å². The van der Waals surface area contributed by atoms with Crippen molar-refractivity contribution in [3.8, 4) is 0 Å². The van der Waals surface area contributed by atoms with E-state index in [-0.39, 0.29) is 11.8 Å². The Kier molecular flexibility index (Phi) is 4.07. The number of rotatable bonds is 4. The molecular weight excluding hydrogens is 312 g/mol. The highest BCUT2D eigenvalue weighted by Crippen LogP contribution is 2.36. The molecular formula is C20H24N4O. The summed E-state index contributed by atoms with van der Waals surface area (Å²) in [5.41, 5.74) is 3.60. The first-order chi connectivity index (χ1) is 12.1. The van der Waals surface area contributed by atoms with Gasteiger partial charge in [-0.1, -0.05) is 18.2 Å². The van der Waals surface area contributed by atoms with Crippen LogP contribution in [0.4, 0.5) is 0 Å². The lowest BCUT2D eigenvalue weighted by Crippen LogP contribution is -2.35. The number of hydrogen-bond donors (Lipinski definition) is 1. The summed E-state index contributed by atoms with van der Waals surface area (Å²) in [6, 6.07) is 8.37. The van der Waals surface area contributed by atoms with E-state index in [0.717, 1.165) is 42.8 Å². The van der Waals surface area contributed by atoms with Gasteiger partial charge in [-0.2, -0.15) is 0 Å². The minimum Gasteiger partial charge on any atom is -0.357 e. The van der Waals surface area contributed by atoms with Crippen molar-refractivity contribution in [2.24, 2.45) is 0 Å². The molecule has 1 aliphatic carbocycles. The summed E-state index contributed by atoms with van der Waals surface area (Å²) in [4.78, 5) is 22.7. The SMILES string of the molecule is Cc1nccn1CCN(C)C(=O)C1CCCc2c1[nH]c1ccccc21. The molecule has 1 amide bonds. The fourth-order valence-corrected chi connectivity index (χ4v) is 3.94. The molecule has 3 aromatic rings. The first kappa shape index (κ1) is 15.9. The molecule has 1 atom stereocenters. The van der Waals surface area contributed by atoms with Gasteiger partial charge >= 0.3 is 0 Å². The number of aryl methyl sites for hydroxylation is 2. The van der Waals surface area contributed by atoms with Crippen LogP contribution in [-0.2, 0) is 17.8 Å². The Morgan fingerprint density at radius 2 is 2.24 bits per heavy atom. The van der Waals surface area contributed by atoms with Crippen molar-refractivity contribution >= 4 is 16.8 Å². The summed E-state index contributed by atoms with van der Waals surface area (Å²) in [5, 5.41) is 1.27. The lowest BCUT2D eigenvalue weighted by molar-refractivity contribution is -0.132. The molecule has 0 fully saturated rings. The van der Waals surface area contributed by atoms with E-state index in [2.05, 4.69) is 32.7 Å². The number of fused-ring (bicyclic) bond motifs is 3. The van der Waals surface area contributed by atoms with E-state index in [9.17, 15) is 4.79 Å². The van der Waals surface area contributed by atoms with Crippen molar-refractivity contribution < 1.29 is 4.79 Å². The molecule has 0 bridgehead atoms. The fraction of sp³-hybridized carbons (Fsp3) is 0.400. The second kappa shape index (κ2) is 6.39.